The number of carbonyl (C=O) groups excluding carboxylic acids is 1. The fourth-order valence-corrected chi connectivity index (χ4v) is 3.23. The monoisotopic (exact) mass is 404 g/mol. The Hall–Kier alpha value is -0.620. The first-order valence-corrected chi connectivity index (χ1v) is 8.74. The molecule has 1 aliphatic rings. The van der Waals surface area contributed by atoms with Crippen LogP contribution >= 0.6 is 28.3 Å². The van der Waals surface area contributed by atoms with E-state index in [-0.39, 0.29) is 23.7 Å². The van der Waals surface area contributed by atoms with Gasteiger partial charge >= 0.3 is 0 Å². The summed E-state index contributed by atoms with van der Waals surface area (Å²) in [5.41, 5.74) is 7.10. The van der Waals surface area contributed by atoms with E-state index in [1.165, 1.54) is 5.56 Å². The van der Waals surface area contributed by atoms with Crippen LogP contribution in [0.4, 0.5) is 0 Å². The fraction of sp³-hybridized carbons (Fsp3) is 0.588. The fourth-order valence-electron chi connectivity index (χ4n) is 2.96. The molecule has 1 fully saturated rings. The normalized spacial score (nSPS) is 17.9. The van der Waals surface area contributed by atoms with Gasteiger partial charge in [0.15, 0.2) is 0 Å². The topological polar surface area (TPSA) is 64.4 Å². The highest BCUT2D eigenvalue weighted by atomic mass is 79.9. The van der Waals surface area contributed by atoms with Gasteiger partial charge in [0.2, 0.25) is 5.91 Å². The number of ether oxygens (including phenoxy) is 1. The third-order valence-corrected chi connectivity index (χ3v) is 4.97. The molecule has 6 heteroatoms. The molecule has 2 rings (SSSR count). The Bertz CT molecular complexity index is 490. The molecule has 130 valence electrons. The molecule has 1 aromatic carbocycles. The van der Waals surface area contributed by atoms with Gasteiger partial charge in [0, 0.05) is 29.6 Å². The number of nitrogens with one attached hydrogen (secondary N) is 1. The highest BCUT2D eigenvalue weighted by molar-refractivity contribution is 9.10. The molecule has 1 unspecified atom stereocenters. The van der Waals surface area contributed by atoms with Gasteiger partial charge in [-0.05, 0) is 37.0 Å². The van der Waals surface area contributed by atoms with Crippen LogP contribution in [-0.2, 0) is 14.9 Å². The second kappa shape index (κ2) is 9.62. The number of hydrogen-bond donors (Lipinski definition) is 2. The van der Waals surface area contributed by atoms with E-state index in [0.29, 0.717) is 6.54 Å². The number of hydrogen-bond acceptors (Lipinski definition) is 3. The van der Waals surface area contributed by atoms with Crippen LogP contribution < -0.4 is 11.1 Å². The maximum absolute atomic E-state index is 12.1. The van der Waals surface area contributed by atoms with E-state index >= 15 is 0 Å². The summed E-state index contributed by atoms with van der Waals surface area (Å²) >= 11 is 3.47. The van der Waals surface area contributed by atoms with Gasteiger partial charge in [0.1, 0.15) is 0 Å². The lowest BCUT2D eigenvalue weighted by Gasteiger charge is -2.38. The van der Waals surface area contributed by atoms with Crippen molar-refractivity contribution in [2.75, 3.05) is 19.8 Å². The molecule has 1 atom stereocenters. The second-order valence-corrected chi connectivity index (χ2v) is 6.93. The van der Waals surface area contributed by atoms with Crippen LogP contribution in [0.1, 0.15) is 38.2 Å². The third-order valence-electron chi connectivity index (χ3n) is 4.44. The summed E-state index contributed by atoms with van der Waals surface area (Å²) in [5.74, 6) is -0.0511. The van der Waals surface area contributed by atoms with Gasteiger partial charge in [-0.3, -0.25) is 4.79 Å². The molecule has 0 aromatic heterocycles. The van der Waals surface area contributed by atoms with Crippen LogP contribution in [0.5, 0.6) is 0 Å². The predicted octanol–water partition coefficient (Wildman–Crippen LogP) is 3.16. The van der Waals surface area contributed by atoms with Gasteiger partial charge in [0.05, 0.1) is 6.04 Å². The first kappa shape index (κ1) is 20.4. The van der Waals surface area contributed by atoms with Crippen molar-refractivity contribution in [3.63, 3.8) is 0 Å². The van der Waals surface area contributed by atoms with Crippen molar-refractivity contribution in [2.24, 2.45) is 5.73 Å². The molecular formula is C17H26BrClN2O2. The minimum Gasteiger partial charge on any atom is -0.381 e. The Kier molecular flexibility index (Phi) is 8.54. The molecule has 0 radical (unpaired) electrons. The van der Waals surface area contributed by atoms with E-state index in [2.05, 4.69) is 45.5 Å². The van der Waals surface area contributed by atoms with Crippen molar-refractivity contribution in [3.8, 4) is 0 Å². The maximum Gasteiger partial charge on any atom is 0.236 e. The number of amides is 1. The Balaban J connectivity index is 0.00000264. The van der Waals surface area contributed by atoms with Gasteiger partial charge in [-0.15, -0.1) is 12.4 Å². The molecule has 1 amide bonds. The summed E-state index contributed by atoms with van der Waals surface area (Å²) in [6.45, 7) is 4.11. The number of benzene rings is 1. The second-order valence-electron chi connectivity index (χ2n) is 6.01. The number of nitrogens with two attached hydrogens (primary N) is 1. The summed E-state index contributed by atoms with van der Waals surface area (Å²) in [7, 11) is 0. The minimum absolute atomic E-state index is 0. The van der Waals surface area contributed by atoms with E-state index in [1.807, 2.05) is 6.92 Å². The lowest BCUT2D eigenvalue weighted by atomic mass is 9.74. The highest BCUT2D eigenvalue weighted by Crippen LogP contribution is 2.34. The molecule has 1 aliphatic heterocycles. The van der Waals surface area contributed by atoms with Crippen LogP contribution in [0.15, 0.2) is 28.7 Å². The van der Waals surface area contributed by atoms with Gasteiger partial charge in [-0.25, -0.2) is 0 Å². The zero-order chi connectivity index (χ0) is 16.0. The van der Waals surface area contributed by atoms with E-state index in [0.717, 1.165) is 43.4 Å². The smallest absolute Gasteiger partial charge is 0.236 e. The molecule has 3 N–H and O–H groups in total. The van der Waals surface area contributed by atoms with Gasteiger partial charge in [-0.1, -0.05) is 41.4 Å². The van der Waals surface area contributed by atoms with E-state index < -0.39 is 6.04 Å². The molecule has 1 heterocycles. The van der Waals surface area contributed by atoms with Crippen LogP contribution in [-0.4, -0.2) is 31.7 Å². The minimum atomic E-state index is -0.410. The number of halogens is 2. The van der Waals surface area contributed by atoms with E-state index in [4.69, 9.17) is 10.5 Å². The van der Waals surface area contributed by atoms with Crippen molar-refractivity contribution in [1.29, 1.82) is 0 Å². The first-order valence-electron chi connectivity index (χ1n) is 7.94. The third kappa shape index (κ3) is 5.45. The Morgan fingerprint density at radius 3 is 2.52 bits per heavy atom. The van der Waals surface area contributed by atoms with Crippen molar-refractivity contribution in [2.45, 2.75) is 44.1 Å². The van der Waals surface area contributed by atoms with Crippen molar-refractivity contribution < 1.29 is 9.53 Å². The predicted molar refractivity (Wildman–Crippen MR) is 99.0 cm³/mol. The van der Waals surface area contributed by atoms with Gasteiger partial charge in [0.25, 0.3) is 0 Å². The largest absolute Gasteiger partial charge is 0.381 e. The number of rotatable bonds is 6. The van der Waals surface area contributed by atoms with Crippen LogP contribution in [0.2, 0.25) is 0 Å². The molecule has 0 bridgehead atoms. The summed E-state index contributed by atoms with van der Waals surface area (Å²) in [6.07, 6.45) is 3.47. The Morgan fingerprint density at radius 1 is 1.35 bits per heavy atom. The van der Waals surface area contributed by atoms with Gasteiger partial charge < -0.3 is 15.8 Å². The molecule has 0 saturated carbocycles. The molecule has 1 aromatic rings. The summed E-state index contributed by atoms with van der Waals surface area (Å²) in [6, 6.07) is 7.96. The zero-order valence-corrected chi connectivity index (χ0v) is 15.9. The molecular weight excluding hydrogens is 380 g/mol. The molecule has 0 spiro atoms. The van der Waals surface area contributed by atoms with Gasteiger partial charge in [-0.2, -0.15) is 0 Å². The lowest BCUT2D eigenvalue weighted by Crippen LogP contribution is -2.48. The average Bonchev–Trinajstić information content (AvgIpc) is 2.54. The molecule has 23 heavy (non-hydrogen) atoms. The Morgan fingerprint density at radius 2 is 1.96 bits per heavy atom. The summed E-state index contributed by atoms with van der Waals surface area (Å²) in [5, 5.41) is 3.06. The summed E-state index contributed by atoms with van der Waals surface area (Å²) < 4.78 is 6.58. The summed E-state index contributed by atoms with van der Waals surface area (Å²) in [4.78, 5) is 12.1. The van der Waals surface area contributed by atoms with Crippen LogP contribution in [0.25, 0.3) is 0 Å². The van der Waals surface area contributed by atoms with E-state index in [1.54, 1.807) is 0 Å². The average molecular weight is 406 g/mol. The van der Waals surface area contributed by atoms with E-state index in [9.17, 15) is 4.79 Å². The maximum atomic E-state index is 12.1. The highest BCUT2D eigenvalue weighted by Gasteiger charge is 2.35. The lowest BCUT2D eigenvalue weighted by molar-refractivity contribution is -0.123. The standard InChI is InChI=1S/C17H25BrN2O2.ClH/c1-2-3-15(19)16(21)20-12-17(8-10-22-11-9-17)13-4-6-14(18)7-5-13;/h4-7,15H,2-3,8-12,19H2,1H3,(H,20,21);1H. The van der Waals surface area contributed by atoms with Crippen LogP contribution in [0, 0.1) is 0 Å². The molecule has 4 nitrogen and oxygen atoms in total. The van der Waals surface area contributed by atoms with Crippen molar-refractivity contribution in [1.82, 2.24) is 5.32 Å². The first-order chi connectivity index (χ1) is 10.6. The SMILES string of the molecule is CCCC(N)C(=O)NCC1(c2ccc(Br)cc2)CCOCC1.Cl. The van der Waals surface area contributed by atoms with Crippen molar-refractivity contribution >= 4 is 34.2 Å². The zero-order valence-electron chi connectivity index (χ0n) is 13.5. The molecule has 0 aliphatic carbocycles. The number of carbonyl (C=O) groups is 1. The van der Waals surface area contributed by atoms with Crippen LogP contribution in [0.3, 0.4) is 0 Å². The molecule has 1 saturated heterocycles. The Labute approximate surface area is 153 Å². The van der Waals surface area contributed by atoms with Crippen molar-refractivity contribution in [3.05, 3.63) is 34.3 Å². The quantitative estimate of drug-likeness (QED) is 0.764.